The molecule has 0 radical (unpaired) electrons. The van der Waals surface area contributed by atoms with Gasteiger partial charge in [0.15, 0.2) is 5.11 Å². The van der Waals surface area contributed by atoms with Gasteiger partial charge in [0, 0.05) is 5.02 Å². The van der Waals surface area contributed by atoms with Crippen molar-refractivity contribution in [1.29, 1.82) is 0 Å². The van der Waals surface area contributed by atoms with E-state index in [1.165, 1.54) is 16.0 Å². The van der Waals surface area contributed by atoms with Crippen molar-refractivity contribution < 1.29 is 14.4 Å². The number of halogens is 1. The number of para-hydroxylation sites is 1. The van der Waals surface area contributed by atoms with Crippen molar-refractivity contribution >= 4 is 63.7 Å². The van der Waals surface area contributed by atoms with E-state index >= 15 is 0 Å². The van der Waals surface area contributed by atoms with Gasteiger partial charge < -0.3 is 0 Å². The number of rotatable bonds is 3. The van der Waals surface area contributed by atoms with Gasteiger partial charge in [-0.2, -0.15) is 10.1 Å². The van der Waals surface area contributed by atoms with E-state index < -0.39 is 17.7 Å². The summed E-state index contributed by atoms with van der Waals surface area (Å²) >= 11 is 11.1. The summed E-state index contributed by atoms with van der Waals surface area (Å²) in [6.07, 6.45) is 1.34. The number of nitrogens with one attached hydrogen (secondary N) is 1. The Morgan fingerprint density at radius 1 is 1.03 bits per heavy atom. The summed E-state index contributed by atoms with van der Waals surface area (Å²) in [5, 5.41) is 8.52. The molecular weight excluding hydrogens is 424 g/mol. The van der Waals surface area contributed by atoms with Gasteiger partial charge in [0.1, 0.15) is 5.57 Å². The molecule has 1 atom stereocenters. The zero-order valence-electron chi connectivity index (χ0n) is 15.7. The number of hydrogen-bond donors (Lipinski definition) is 1. The zero-order valence-corrected chi connectivity index (χ0v) is 17.3. The number of hydrogen-bond acceptors (Lipinski definition) is 5. The van der Waals surface area contributed by atoms with Crippen molar-refractivity contribution in [2.45, 2.75) is 6.92 Å². The van der Waals surface area contributed by atoms with E-state index in [2.05, 4.69) is 10.4 Å². The molecule has 0 spiro atoms. The Morgan fingerprint density at radius 2 is 1.70 bits per heavy atom. The Hall–Kier alpha value is -3.36. The van der Waals surface area contributed by atoms with Crippen molar-refractivity contribution in [3.05, 3.63) is 71.3 Å². The van der Waals surface area contributed by atoms with E-state index in [1.807, 2.05) is 6.07 Å². The molecule has 0 aliphatic carbocycles. The molecule has 7 nitrogen and oxygen atoms in total. The molecule has 150 valence electrons. The number of anilines is 2. The van der Waals surface area contributed by atoms with Crippen LogP contribution in [0.5, 0.6) is 0 Å². The van der Waals surface area contributed by atoms with Crippen LogP contribution in [0.2, 0.25) is 5.02 Å². The first-order chi connectivity index (χ1) is 14.4. The fraction of sp³-hybridized carbons (Fsp3) is 0.0952. The first-order valence-electron chi connectivity index (χ1n) is 8.98. The van der Waals surface area contributed by atoms with Gasteiger partial charge in [0.25, 0.3) is 17.7 Å². The highest BCUT2D eigenvalue weighted by Crippen LogP contribution is 2.27. The maximum Gasteiger partial charge on any atom is 0.269 e. The molecule has 0 aromatic heterocycles. The Bertz CT molecular complexity index is 1130. The third kappa shape index (κ3) is 3.51. The second kappa shape index (κ2) is 7.81. The highest BCUT2D eigenvalue weighted by Gasteiger charge is 2.39. The van der Waals surface area contributed by atoms with Crippen molar-refractivity contribution in [1.82, 2.24) is 5.32 Å². The third-order valence-corrected chi connectivity index (χ3v) is 5.24. The van der Waals surface area contributed by atoms with E-state index in [9.17, 15) is 14.4 Å². The lowest BCUT2D eigenvalue weighted by atomic mass is 9.98. The van der Waals surface area contributed by atoms with Gasteiger partial charge in [-0.3, -0.25) is 24.6 Å². The summed E-state index contributed by atoms with van der Waals surface area (Å²) in [5.74, 6) is -2.47. The van der Waals surface area contributed by atoms with Crippen LogP contribution in [-0.2, 0) is 14.4 Å². The lowest BCUT2D eigenvalue weighted by Crippen LogP contribution is -2.54. The van der Waals surface area contributed by atoms with E-state index in [4.69, 9.17) is 23.8 Å². The van der Waals surface area contributed by atoms with Crippen molar-refractivity contribution in [3.63, 3.8) is 0 Å². The van der Waals surface area contributed by atoms with Gasteiger partial charge in [0.2, 0.25) is 0 Å². The van der Waals surface area contributed by atoms with E-state index in [1.54, 1.807) is 55.5 Å². The molecule has 2 aromatic rings. The number of carbonyl (C=O) groups is 3. The van der Waals surface area contributed by atoms with E-state index in [-0.39, 0.29) is 16.6 Å². The molecule has 4 rings (SSSR count). The maximum absolute atomic E-state index is 13.1. The summed E-state index contributed by atoms with van der Waals surface area (Å²) in [5.41, 5.74) is 1.35. The highest BCUT2D eigenvalue weighted by molar-refractivity contribution is 7.80. The maximum atomic E-state index is 13.1. The largest absolute Gasteiger partial charge is 0.298 e. The van der Waals surface area contributed by atoms with Gasteiger partial charge in [0.05, 0.1) is 23.0 Å². The number of thiocarbonyl (C=S) groups is 1. The van der Waals surface area contributed by atoms with Crippen molar-refractivity contribution in [3.8, 4) is 0 Å². The van der Waals surface area contributed by atoms with Gasteiger partial charge in [-0.05, 0) is 61.6 Å². The van der Waals surface area contributed by atoms with E-state index in [0.29, 0.717) is 22.1 Å². The summed E-state index contributed by atoms with van der Waals surface area (Å²) in [7, 11) is 0. The molecule has 1 fully saturated rings. The highest BCUT2D eigenvalue weighted by atomic mass is 35.5. The molecule has 9 heteroatoms. The summed E-state index contributed by atoms with van der Waals surface area (Å²) in [6, 6.07) is 15.4. The number of hydrazone groups is 1. The van der Waals surface area contributed by atoms with Crippen LogP contribution in [0.25, 0.3) is 0 Å². The first kappa shape index (κ1) is 19.9. The molecule has 0 bridgehead atoms. The van der Waals surface area contributed by atoms with E-state index in [0.717, 1.165) is 0 Å². The van der Waals surface area contributed by atoms with Crippen LogP contribution in [0.3, 0.4) is 0 Å². The minimum atomic E-state index is -0.839. The first-order valence-corrected chi connectivity index (χ1v) is 9.76. The standard InChI is InChI=1S/C21H15ClN4O3S/c1-12-16(20(29)26(24-12)15-5-3-2-4-6-15)11-17-18(27)23-21(30)25(19(17)28)14-9-7-13(22)8-10-14/h2-11,16H,1H3,(H,23,27,30)/b17-11+/t16-/m1/s1. The van der Waals surface area contributed by atoms with Crippen LogP contribution in [0.1, 0.15) is 6.92 Å². The van der Waals surface area contributed by atoms with Crippen LogP contribution in [0.4, 0.5) is 11.4 Å². The van der Waals surface area contributed by atoms with Gasteiger partial charge in [-0.1, -0.05) is 29.8 Å². The molecule has 1 saturated heterocycles. The van der Waals surface area contributed by atoms with Crippen LogP contribution < -0.4 is 15.2 Å². The minimum absolute atomic E-state index is 0.0430. The summed E-state index contributed by atoms with van der Waals surface area (Å²) in [6.45, 7) is 1.68. The molecule has 2 aliphatic rings. The van der Waals surface area contributed by atoms with Crippen LogP contribution >= 0.6 is 23.8 Å². The fourth-order valence-electron chi connectivity index (χ4n) is 3.19. The fourth-order valence-corrected chi connectivity index (χ4v) is 3.60. The van der Waals surface area contributed by atoms with Gasteiger partial charge in [-0.25, -0.2) is 0 Å². The average molecular weight is 439 g/mol. The quantitative estimate of drug-likeness (QED) is 0.453. The average Bonchev–Trinajstić information content (AvgIpc) is 3.01. The van der Waals surface area contributed by atoms with Crippen LogP contribution in [0, 0.1) is 5.92 Å². The Balaban J connectivity index is 1.67. The van der Waals surface area contributed by atoms with Crippen molar-refractivity contribution in [2.24, 2.45) is 11.0 Å². The molecule has 1 N–H and O–H groups in total. The smallest absolute Gasteiger partial charge is 0.269 e. The lowest BCUT2D eigenvalue weighted by Gasteiger charge is -2.29. The SMILES string of the molecule is CC1=NN(c2ccccc2)C(=O)[C@@H]1/C=C1\C(=O)NC(=S)N(c2ccc(Cl)cc2)C1=O. The lowest BCUT2D eigenvalue weighted by molar-refractivity contribution is -0.122. The minimum Gasteiger partial charge on any atom is -0.298 e. The number of carbonyl (C=O) groups excluding carboxylic acids is 3. The number of nitrogens with zero attached hydrogens (tertiary/aromatic N) is 3. The number of amides is 3. The van der Waals surface area contributed by atoms with Crippen LogP contribution in [-0.4, -0.2) is 28.5 Å². The topological polar surface area (TPSA) is 82.1 Å². The third-order valence-electron chi connectivity index (χ3n) is 4.70. The predicted molar refractivity (Wildman–Crippen MR) is 118 cm³/mol. The Morgan fingerprint density at radius 3 is 2.37 bits per heavy atom. The monoisotopic (exact) mass is 438 g/mol. The Labute approximate surface area is 182 Å². The summed E-state index contributed by atoms with van der Waals surface area (Å²) < 4.78 is 0. The normalized spacial score (nSPS) is 20.7. The molecule has 30 heavy (non-hydrogen) atoms. The van der Waals surface area contributed by atoms with Gasteiger partial charge in [-0.15, -0.1) is 0 Å². The predicted octanol–water partition coefficient (Wildman–Crippen LogP) is 3.05. The van der Waals surface area contributed by atoms with Crippen molar-refractivity contribution in [2.75, 3.05) is 9.91 Å². The second-order valence-electron chi connectivity index (χ2n) is 6.66. The molecule has 3 amide bonds. The summed E-state index contributed by atoms with van der Waals surface area (Å²) in [4.78, 5) is 39.7. The molecule has 2 aromatic carbocycles. The second-order valence-corrected chi connectivity index (χ2v) is 7.48. The molecule has 2 aliphatic heterocycles. The Kier molecular flexibility index (Phi) is 5.19. The van der Waals surface area contributed by atoms with Crippen LogP contribution in [0.15, 0.2) is 71.3 Å². The van der Waals surface area contributed by atoms with Gasteiger partial charge >= 0.3 is 0 Å². The zero-order chi connectivity index (χ0) is 21.4. The molecule has 0 unspecified atom stereocenters. The molecule has 0 saturated carbocycles. The number of benzene rings is 2. The molecular formula is C21H15ClN4O3S. The molecule has 2 heterocycles.